The molecule has 0 aromatic heterocycles. The van der Waals surface area contributed by atoms with Crippen LogP contribution in [0.1, 0.15) is 50.7 Å². The quantitative estimate of drug-likeness (QED) is 0.717. The van der Waals surface area contributed by atoms with Crippen LogP contribution in [-0.4, -0.2) is 30.1 Å². The number of benzene rings is 1. The van der Waals surface area contributed by atoms with Crippen LogP contribution in [0.15, 0.2) is 12.1 Å². The Labute approximate surface area is 140 Å². The molecule has 0 spiro atoms. The first kappa shape index (κ1) is 18.4. The van der Waals surface area contributed by atoms with Gasteiger partial charge in [0.05, 0.1) is 18.5 Å². The fourth-order valence-electron chi connectivity index (χ4n) is 4.13. The van der Waals surface area contributed by atoms with Gasteiger partial charge in [0.1, 0.15) is 11.5 Å². The lowest BCUT2D eigenvalue weighted by Crippen LogP contribution is -2.34. The minimum Gasteiger partial charge on any atom is -0.322 e. The van der Waals surface area contributed by atoms with Gasteiger partial charge in [-0.05, 0) is 69.7 Å². The van der Waals surface area contributed by atoms with Gasteiger partial charge >= 0.3 is 0 Å². The molecule has 23 heavy (non-hydrogen) atoms. The average molecular weight is 338 g/mol. The molecule has 1 saturated heterocycles. The molecule has 1 aromatic rings. The van der Waals surface area contributed by atoms with Crippen molar-refractivity contribution in [1.82, 2.24) is 0 Å². The minimum atomic E-state index is -1.20. The summed E-state index contributed by atoms with van der Waals surface area (Å²) in [6.07, 6.45) is 8.47. The van der Waals surface area contributed by atoms with E-state index in [0.717, 1.165) is 23.2 Å². The highest BCUT2D eigenvalue weighted by Crippen LogP contribution is 2.66. The molecule has 1 aliphatic heterocycles. The SMILES string of the molecule is CCC(C(=O)Nc1c(C)cc(F)cc1C)[P+]1(CC)CCCCC1. The van der Waals surface area contributed by atoms with Crippen molar-refractivity contribution in [3.8, 4) is 0 Å². The number of nitrogens with one attached hydrogen (secondary N) is 1. The lowest BCUT2D eigenvalue weighted by molar-refractivity contribution is -0.115. The summed E-state index contributed by atoms with van der Waals surface area (Å²) in [5.74, 6) is -0.0859. The second kappa shape index (κ2) is 7.75. The normalized spacial score (nSPS) is 18.5. The maximum absolute atomic E-state index is 13.5. The second-order valence-corrected chi connectivity index (χ2v) is 11.5. The number of amides is 1. The summed E-state index contributed by atoms with van der Waals surface area (Å²) in [6.45, 7) is 8.13. The van der Waals surface area contributed by atoms with E-state index in [0.29, 0.717) is 0 Å². The molecule has 1 unspecified atom stereocenters. The van der Waals surface area contributed by atoms with Gasteiger partial charge < -0.3 is 5.32 Å². The van der Waals surface area contributed by atoms with Crippen LogP contribution in [0.2, 0.25) is 0 Å². The fraction of sp³-hybridized carbons (Fsp3) is 0.632. The van der Waals surface area contributed by atoms with Gasteiger partial charge in [-0.1, -0.05) is 6.92 Å². The van der Waals surface area contributed by atoms with E-state index in [1.54, 1.807) is 0 Å². The summed E-state index contributed by atoms with van der Waals surface area (Å²) in [5, 5.41) is 3.14. The smallest absolute Gasteiger partial charge is 0.265 e. The van der Waals surface area contributed by atoms with E-state index < -0.39 is 7.26 Å². The molecular formula is C19H30FNOP+. The third-order valence-corrected chi connectivity index (χ3v) is 11.0. The molecule has 0 radical (unpaired) electrons. The molecule has 4 heteroatoms. The Kier molecular flexibility index (Phi) is 6.19. The van der Waals surface area contributed by atoms with E-state index >= 15 is 0 Å². The number of carbonyl (C=O) groups is 1. The molecule has 2 rings (SSSR count). The van der Waals surface area contributed by atoms with Crippen molar-refractivity contribution in [3.63, 3.8) is 0 Å². The van der Waals surface area contributed by atoms with Crippen LogP contribution < -0.4 is 5.32 Å². The number of aryl methyl sites for hydroxylation is 2. The lowest BCUT2D eigenvalue weighted by atomic mass is 10.1. The van der Waals surface area contributed by atoms with Gasteiger partial charge in [0.2, 0.25) is 0 Å². The molecule has 1 atom stereocenters. The van der Waals surface area contributed by atoms with Gasteiger partial charge in [0.15, 0.2) is 0 Å². The van der Waals surface area contributed by atoms with Crippen LogP contribution in [0.25, 0.3) is 0 Å². The van der Waals surface area contributed by atoms with Gasteiger partial charge in [0.25, 0.3) is 5.91 Å². The van der Waals surface area contributed by atoms with E-state index in [1.807, 2.05) is 13.8 Å². The Morgan fingerprint density at radius 2 is 1.74 bits per heavy atom. The third kappa shape index (κ3) is 3.94. The molecule has 1 heterocycles. The Morgan fingerprint density at radius 1 is 1.17 bits per heavy atom. The Morgan fingerprint density at radius 3 is 2.22 bits per heavy atom. The number of carbonyl (C=O) groups excluding carboxylic acids is 1. The topological polar surface area (TPSA) is 29.1 Å². The van der Waals surface area contributed by atoms with Crippen LogP contribution in [0.3, 0.4) is 0 Å². The average Bonchev–Trinajstić information content (AvgIpc) is 2.52. The highest BCUT2D eigenvalue weighted by atomic mass is 31.2. The molecule has 0 saturated carbocycles. The summed E-state index contributed by atoms with van der Waals surface area (Å²) in [7, 11) is -1.20. The number of hydrogen-bond donors (Lipinski definition) is 1. The van der Waals surface area contributed by atoms with Crippen molar-refractivity contribution in [2.75, 3.05) is 23.8 Å². The zero-order chi connectivity index (χ0) is 17.0. The standard InChI is InChI=1S/C19H29FNOP/c1-5-17(23(6-2)10-8-7-9-11-23)19(22)21-18-14(3)12-16(20)13-15(18)4/h12-13,17H,5-11H2,1-4H3/p+1. The molecule has 1 N–H and O–H groups in total. The molecule has 1 aliphatic rings. The molecular weight excluding hydrogens is 308 g/mol. The number of halogens is 1. The predicted molar refractivity (Wildman–Crippen MR) is 99.6 cm³/mol. The van der Waals surface area contributed by atoms with Gasteiger partial charge in [0, 0.05) is 12.9 Å². The van der Waals surface area contributed by atoms with Gasteiger partial charge in [-0.3, -0.25) is 4.79 Å². The Hall–Kier alpha value is -0.950. The van der Waals surface area contributed by atoms with Crippen LogP contribution in [-0.2, 0) is 4.79 Å². The summed E-state index contributed by atoms with van der Waals surface area (Å²) >= 11 is 0. The van der Waals surface area contributed by atoms with Crippen molar-refractivity contribution in [1.29, 1.82) is 0 Å². The zero-order valence-electron chi connectivity index (χ0n) is 14.9. The number of rotatable bonds is 5. The van der Waals surface area contributed by atoms with E-state index in [1.165, 1.54) is 49.9 Å². The van der Waals surface area contributed by atoms with Crippen LogP contribution in [0.5, 0.6) is 0 Å². The summed E-state index contributed by atoms with van der Waals surface area (Å²) in [5.41, 5.74) is 2.55. The summed E-state index contributed by atoms with van der Waals surface area (Å²) in [4.78, 5) is 13.0. The van der Waals surface area contributed by atoms with Crippen molar-refractivity contribution < 1.29 is 9.18 Å². The molecule has 0 bridgehead atoms. The molecule has 1 aromatic carbocycles. The molecule has 128 valence electrons. The lowest BCUT2D eigenvalue weighted by Gasteiger charge is -2.35. The Bertz CT molecular complexity index is 543. The van der Waals surface area contributed by atoms with E-state index in [2.05, 4.69) is 19.2 Å². The molecule has 1 amide bonds. The van der Waals surface area contributed by atoms with E-state index in [9.17, 15) is 9.18 Å². The van der Waals surface area contributed by atoms with Crippen LogP contribution in [0.4, 0.5) is 10.1 Å². The first-order chi connectivity index (χ1) is 10.9. The van der Waals surface area contributed by atoms with E-state index in [-0.39, 0.29) is 17.4 Å². The molecule has 1 fully saturated rings. The monoisotopic (exact) mass is 338 g/mol. The second-order valence-electron chi connectivity index (χ2n) is 6.87. The van der Waals surface area contributed by atoms with Gasteiger partial charge in [-0.2, -0.15) is 0 Å². The molecule has 0 aliphatic carbocycles. The maximum Gasteiger partial charge on any atom is 0.265 e. The highest BCUT2D eigenvalue weighted by Gasteiger charge is 2.47. The Balaban J connectivity index is 2.24. The van der Waals surface area contributed by atoms with Crippen LogP contribution >= 0.6 is 7.26 Å². The number of hydrogen-bond acceptors (Lipinski definition) is 1. The maximum atomic E-state index is 13.5. The predicted octanol–water partition coefficient (Wildman–Crippen LogP) is 5.38. The third-order valence-electron chi connectivity index (χ3n) is 5.43. The van der Waals surface area contributed by atoms with Crippen molar-refractivity contribution in [3.05, 3.63) is 29.1 Å². The van der Waals surface area contributed by atoms with Crippen molar-refractivity contribution in [2.24, 2.45) is 0 Å². The summed E-state index contributed by atoms with van der Waals surface area (Å²) in [6, 6.07) is 2.99. The van der Waals surface area contributed by atoms with Crippen molar-refractivity contribution >= 4 is 18.9 Å². The van der Waals surface area contributed by atoms with Gasteiger partial charge in [-0.15, -0.1) is 0 Å². The van der Waals surface area contributed by atoms with Gasteiger partial charge in [-0.25, -0.2) is 4.39 Å². The number of anilines is 1. The molecule has 2 nitrogen and oxygen atoms in total. The largest absolute Gasteiger partial charge is 0.322 e. The first-order valence-electron chi connectivity index (χ1n) is 8.87. The zero-order valence-corrected chi connectivity index (χ0v) is 15.8. The van der Waals surface area contributed by atoms with Crippen molar-refractivity contribution in [2.45, 2.75) is 59.0 Å². The van der Waals surface area contributed by atoms with E-state index in [4.69, 9.17) is 0 Å². The summed E-state index contributed by atoms with van der Waals surface area (Å²) < 4.78 is 13.5. The first-order valence-corrected chi connectivity index (χ1v) is 11.3. The fourth-order valence-corrected chi connectivity index (χ4v) is 9.09. The highest BCUT2D eigenvalue weighted by molar-refractivity contribution is 7.77. The minimum absolute atomic E-state index is 0.150. The van der Waals surface area contributed by atoms with Crippen LogP contribution in [0, 0.1) is 19.7 Å².